The molecule has 2 aromatic rings. The van der Waals surface area contributed by atoms with Gasteiger partial charge in [0.15, 0.2) is 0 Å². The quantitative estimate of drug-likeness (QED) is 0.869. The van der Waals surface area contributed by atoms with Gasteiger partial charge in [0.1, 0.15) is 11.3 Å². The second-order valence-electron chi connectivity index (χ2n) is 5.05. The zero-order valence-corrected chi connectivity index (χ0v) is 11.3. The molecule has 106 valence electrons. The molecule has 20 heavy (non-hydrogen) atoms. The molecule has 0 bridgehead atoms. The fourth-order valence-electron chi connectivity index (χ4n) is 2.51. The van der Waals surface area contributed by atoms with Crippen molar-refractivity contribution in [3.05, 3.63) is 36.3 Å². The number of fused-ring (bicyclic) bond motifs is 1. The molecule has 1 amide bonds. The first kappa shape index (κ1) is 13.1. The smallest absolute Gasteiger partial charge is 0.274 e. The molecule has 2 aromatic heterocycles. The van der Waals surface area contributed by atoms with Gasteiger partial charge in [-0.1, -0.05) is 6.07 Å². The van der Waals surface area contributed by atoms with Crippen LogP contribution in [0.15, 0.2) is 30.6 Å². The molecule has 0 aliphatic carbocycles. The Bertz CT molecular complexity index is 592. The van der Waals surface area contributed by atoms with Crippen molar-refractivity contribution in [2.75, 3.05) is 19.7 Å². The molecule has 0 saturated carbocycles. The molecule has 6 nitrogen and oxygen atoms in total. The van der Waals surface area contributed by atoms with Crippen LogP contribution in [0, 0.1) is 0 Å². The van der Waals surface area contributed by atoms with Crippen molar-refractivity contribution in [3.8, 4) is 0 Å². The molecule has 1 saturated heterocycles. The highest BCUT2D eigenvalue weighted by Crippen LogP contribution is 2.14. The van der Waals surface area contributed by atoms with Crippen molar-refractivity contribution >= 4 is 11.6 Å². The van der Waals surface area contributed by atoms with Crippen LogP contribution in [0.3, 0.4) is 0 Å². The molecule has 2 atom stereocenters. The van der Waals surface area contributed by atoms with Crippen LogP contribution in [0.4, 0.5) is 0 Å². The van der Waals surface area contributed by atoms with E-state index >= 15 is 0 Å². The molecule has 3 rings (SSSR count). The van der Waals surface area contributed by atoms with Crippen molar-refractivity contribution in [2.24, 2.45) is 0 Å². The summed E-state index contributed by atoms with van der Waals surface area (Å²) in [4.78, 5) is 18.5. The van der Waals surface area contributed by atoms with Crippen LogP contribution in [-0.4, -0.2) is 57.2 Å². The Morgan fingerprint density at radius 1 is 1.50 bits per heavy atom. The van der Waals surface area contributed by atoms with E-state index in [-0.39, 0.29) is 24.7 Å². The zero-order chi connectivity index (χ0) is 14.1. The van der Waals surface area contributed by atoms with Crippen LogP contribution >= 0.6 is 0 Å². The average molecular weight is 275 g/mol. The van der Waals surface area contributed by atoms with Gasteiger partial charge in [0, 0.05) is 25.5 Å². The number of rotatable bonds is 2. The van der Waals surface area contributed by atoms with E-state index in [0.29, 0.717) is 18.8 Å². The van der Waals surface area contributed by atoms with Crippen LogP contribution in [0.1, 0.15) is 17.4 Å². The largest absolute Gasteiger partial charge is 0.394 e. The molecule has 1 fully saturated rings. The Morgan fingerprint density at radius 2 is 2.35 bits per heavy atom. The number of hydrogen-bond donors (Lipinski definition) is 1. The van der Waals surface area contributed by atoms with Gasteiger partial charge < -0.3 is 19.1 Å². The predicted molar refractivity (Wildman–Crippen MR) is 72.5 cm³/mol. The topological polar surface area (TPSA) is 67.1 Å². The third-order valence-electron chi connectivity index (χ3n) is 3.40. The summed E-state index contributed by atoms with van der Waals surface area (Å²) in [5, 5.41) is 9.21. The molecule has 0 spiro atoms. The zero-order valence-electron chi connectivity index (χ0n) is 11.3. The minimum atomic E-state index is -0.320. The molecule has 1 aliphatic heterocycles. The van der Waals surface area contributed by atoms with Gasteiger partial charge in [0.2, 0.25) is 0 Å². The highest BCUT2D eigenvalue weighted by atomic mass is 16.5. The van der Waals surface area contributed by atoms with Crippen LogP contribution in [0.5, 0.6) is 0 Å². The number of morpholine rings is 1. The number of imidazole rings is 1. The first-order valence-electron chi connectivity index (χ1n) is 6.66. The number of aliphatic hydroxyl groups excluding tert-OH is 1. The highest BCUT2D eigenvalue weighted by molar-refractivity contribution is 5.93. The molecular formula is C14H17N3O3. The maximum atomic E-state index is 12.5. The predicted octanol–water partition coefficient (Wildman–Crippen LogP) is 0.556. The van der Waals surface area contributed by atoms with Crippen molar-refractivity contribution in [1.29, 1.82) is 0 Å². The summed E-state index contributed by atoms with van der Waals surface area (Å²) in [6.45, 7) is 2.72. The SMILES string of the molecule is CC1CN(C(=O)c2cn3ccccc3n2)CC(CO)O1. The Morgan fingerprint density at radius 3 is 3.10 bits per heavy atom. The van der Waals surface area contributed by atoms with Gasteiger partial charge in [-0.05, 0) is 19.1 Å². The highest BCUT2D eigenvalue weighted by Gasteiger charge is 2.29. The minimum Gasteiger partial charge on any atom is -0.394 e. The number of ether oxygens (including phenoxy) is 1. The maximum Gasteiger partial charge on any atom is 0.274 e. The van der Waals surface area contributed by atoms with Gasteiger partial charge in [-0.3, -0.25) is 4.79 Å². The third kappa shape index (κ3) is 2.39. The third-order valence-corrected chi connectivity index (χ3v) is 3.40. The molecule has 1 N–H and O–H groups in total. The normalized spacial score (nSPS) is 23.2. The average Bonchev–Trinajstić information content (AvgIpc) is 2.89. The Hall–Kier alpha value is -1.92. The first-order valence-corrected chi connectivity index (χ1v) is 6.66. The standard InChI is InChI=1S/C14H17N3O3/c1-10-6-17(7-11(9-18)20-10)14(19)12-8-16-5-3-2-4-13(16)15-12/h2-5,8,10-11,18H,6-7,9H2,1H3. The lowest BCUT2D eigenvalue weighted by molar-refractivity contribution is -0.0859. The lowest BCUT2D eigenvalue weighted by atomic mass is 10.2. The Balaban J connectivity index is 1.84. The summed E-state index contributed by atoms with van der Waals surface area (Å²) in [6, 6.07) is 5.63. The summed E-state index contributed by atoms with van der Waals surface area (Å²) in [5.41, 5.74) is 1.16. The molecule has 6 heteroatoms. The van der Waals surface area contributed by atoms with E-state index in [9.17, 15) is 9.90 Å². The molecule has 1 aliphatic rings. The second-order valence-corrected chi connectivity index (χ2v) is 5.05. The second kappa shape index (κ2) is 5.22. The lowest BCUT2D eigenvalue weighted by Crippen LogP contribution is -2.50. The summed E-state index contributed by atoms with van der Waals surface area (Å²) in [7, 11) is 0. The van der Waals surface area contributed by atoms with E-state index in [0.717, 1.165) is 5.65 Å². The molecule has 0 aromatic carbocycles. The summed E-state index contributed by atoms with van der Waals surface area (Å²) in [5.74, 6) is -0.123. The van der Waals surface area contributed by atoms with Gasteiger partial charge in [-0.2, -0.15) is 0 Å². The number of nitrogens with zero attached hydrogens (tertiary/aromatic N) is 3. The molecule has 0 radical (unpaired) electrons. The number of amides is 1. The van der Waals surface area contributed by atoms with Crippen molar-refractivity contribution in [3.63, 3.8) is 0 Å². The number of carbonyl (C=O) groups excluding carboxylic acids is 1. The monoisotopic (exact) mass is 275 g/mol. The van der Waals surface area contributed by atoms with Crippen molar-refractivity contribution in [2.45, 2.75) is 19.1 Å². The van der Waals surface area contributed by atoms with E-state index in [2.05, 4.69) is 4.98 Å². The minimum absolute atomic E-state index is 0.0816. The van der Waals surface area contributed by atoms with Gasteiger partial charge in [-0.25, -0.2) is 4.98 Å². The number of hydrogen-bond acceptors (Lipinski definition) is 4. The van der Waals surface area contributed by atoms with E-state index in [1.54, 1.807) is 11.1 Å². The van der Waals surface area contributed by atoms with E-state index in [1.807, 2.05) is 35.7 Å². The van der Waals surface area contributed by atoms with Crippen LogP contribution < -0.4 is 0 Å². The molecular weight excluding hydrogens is 258 g/mol. The molecule has 2 unspecified atom stereocenters. The van der Waals surface area contributed by atoms with E-state index in [1.165, 1.54) is 0 Å². The van der Waals surface area contributed by atoms with Crippen molar-refractivity contribution in [1.82, 2.24) is 14.3 Å². The Kier molecular flexibility index (Phi) is 3.42. The van der Waals surface area contributed by atoms with Crippen molar-refractivity contribution < 1.29 is 14.6 Å². The fraction of sp³-hybridized carbons (Fsp3) is 0.429. The number of aromatic nitrogens is 2. The maximum absolute atomic E-state index is 12.5. The molecule has 3 heterocycles. The number of carbonyl (C=O) groups is 1. The fourth-order valence-corrected chi connectivity index (χ4v) is 2.51. The van der Waals surface area contributed by atoms with Gasteiger partial charge in [-0.15, -0.1) is 0 Å². The summed E-state index contributed by atoms with van der Waals surface area (Å²) < 4.78 is 7.36. The van der Waals surface area contributed by atoms with Crippen LogP contribution in [0.2, 0.25) is 0 Å². The van der Waals surface area contributed by atoms with E-state index < -0.39 is 0 Å². The van der Waals surface area contributed by atoms with Crippen LogP contribution in [-0.2, 0) is 4.74 Å². The first-order chi connectivity index (χ1) is 9.67. The Labute approximate surface area is 116 Å². The van der Waals surface area contributed by atoms with Gasteiger partial charge >= 0.3 is 0 Å². The lowest BCUT2D eigenvalue weighted by Gasteiger charge is -2.35. The number of aliphatic hydroxyl groups is 1. The number of pyridine rings is 1. The van der Waals surface area contributed by atoms with Gasteiger partial charge in [0.05, 0.1) is 18.8 Å². The summed E-state index contributed by atoms with van der Waals surface area (Å²) >= 11 is 0. The van der Waals surface area contributed by atoms with Crippen LogP contribution in [0.25, 0.3) is 5.65 Å². The summed E-state index contributed by atoms with van der Waals surface area (Å²) in [6.07, 6.45) is 3.19. The van der Waals surface area contributed by atoms with E-state index in [4.69, 9.17) is 4.74 Å². The van der Waals surface area contributed by atoms with Gasteiger partial charge in [0.25, 0.3) is 5.91 Å².